The Balaban J connectivity index is 1.60. The summed E-state index contributed by atoms with van der Waals surface area (Å²) in [5.41, 5.74) is -6.19. The van der Waals surface area contributed by atoms with Crippen molar-refractivity contribution in [3.8, 4) is 0 Å². The Bertz CT molecular complexity index is 1160. The van der Waals surface area contributed by atoms with Crippen molar-refractivity contribution < 1.29 is 37.4 Å². The van der Waals surface area contributed by atoms with Gasteiger partial charge in [0.2, 0.25) is 5.76 Å². The van der Waals surface area contributed by atoms with Gasteiger partial charge in [-0.1, -0.05) is 13.0 Å². The van der Waals surface area contributed by atoms with Gasteiger partial charge < -0.3 is 14.3 Å². The molecule has 3 fully saturated rings. The van der Waals surface area contributed by atoms with E-state index in [9.17, 15) is 19.5 Å². The lowest BCUT2D eigenvalue weighted by Gasteiger charge is -2.62. The van der Waals surface area contributed by atoms with Crippen LogP contribution in [0, 0.1) is 28.6 Å². The van der Waals surface area contributed by atoms with Gasteiger partial charge >= 0.3 is 5.97 Å². The molecule has 0 aliphatic heterocycles. The number of aliphatic hydroxyl groups excluding tert-OH is 1. The highest BCUT2D eigenvalue weighted by atomic mass is 32.1. The monoisotopic (exact) mass is 506 g/mol. The molecule has 5 rings (SSSR count). The number of fused-ring (bicyclic) bond motifs is 5. The van der Waals surface area contributed by atoms with Crippen molar-refractivity contribution in [2.24, 2.45) is 28.6 Å². The van der Waals surface area contributed by atoms with E-state index in [2.05, 4.69) is 12.6 Å². The molecular weight excluding hydrogens is 478 g/mol. The molecule has 4 aliphatic carbocycles. The number of ether oxygens (including phenoxy) is 1. The van der Waals surface area contributed by atoms with Crippen molar-refractivity contribution in [3.63, 3.8) is 0 Å². The normalized spacial score (nSPS) is 46.3. The van der Waals surface area contributed by atoms with Crippen LogP contribution in [0.15, 0.2) is 46.6 Å². The summed E-state index contributed by atoms with van der Waals surface area (Å²) in [5, 5.41) is 10.8. The predicted molar refractivity (Wildman–Crippen MR) is 124 cm³/mol. The molecule has 0 radical (unpaired) electrons. The van der Waals surface area contributed by atoms with Crippen LogP contribution in [0.1, 0.15) is 50.6 Å². The number of hydrogen-bond acceptors (Lipinski definition) is 6. The third kappa shape index (κ3) is 3.13. The number of aliphatic hydroxyl groups is 1. The van der Waals surface area contributed by atoms with Crippen molar-refractivity contribution in [1.82, 2.24) is 0 Å². The highest BCUT2D eigenvalue weighted by molar-refractivity contribution is 7.96. The molecule has 188 valence electrons. The predicted octanol–water partition coefficient (Wildman–Crippen LogP) is 4.20. The number of rotatable bonds is 3. The zero-order valence-corrected chi connectivity index (χ0v) is 20.6. The molecule has 1 N–H and O–H groups in total. The molecule has 3 saturated carbocycles. The largest absolute Gasteiger partial charge is 0.457 e. The van der Waals surface area contributed by atoms with Crippen LogP contribution in [-0.2, 0) is 14.3 Å². The summed E-state index contributed by atoms with van der Waals surface area (Å²) >= 11 is 4.10. The van der Waals surface area contributed by atoms with Gasteiger partial charge in [0, 0.05) is 11.3 Å². The topological polar surface area (TPSA) is 93.8 Å². The minimum absolute atomic E-state index is 0.0261. The first-order chi connectivity index (χ1) is 16.3. The van der Waals surface area contributed by atoms with Crippen molar-refractivity contribution >= 4 is 29.5 Å². The van der Waals surface area contributed by atoms with Gasteiger partial charge in [0.25, 0.3) is 0 Å². The molecule has 0 bridgehead atoms. The Morgan fingerprint density at radius 3 is 2.57 bits per heavy atom. The summed E-state index contributed by atoms with van der Waals surface area (Å²) in [6, 6.07) is 2.96. The number of carbonyl (C=O) groups is 3. The number of hydrogen-bond donors (Lipinski definition) is 2. The Morgan fingerprint density at radius 1 is 1.23 bits per heavy atom. The van der Waals surface area contributed by atoms with E-state index in [1.807, 2.05) is 0 Å². The first-order valence-electron chi connectivity index (χ1n) is 11.7. The fourth-order valence-corrected chi connectivity index (χ4v) is 8.42. The number of thiol groups is 1. The molecule has 9 heteroatoms. The summed E-state index contributed by atoms with van der Waals surface area (Å²) in [6.07, 6.45) is 1.59. The van der Waals surface area contributed by atoms with Gasteiger partial charge in [-0.15, -0.1) is 12.6 Å². The van der Waals surface area contributed by atoms with Gasteiger partial charge in [-0.05, 0) is 74.3 Å². The summed E-state index contributed by atoms with van der Waals surface area (Å²) in [7, 11) is 0. The number of allylic oxidation sites excluding steroid dienone is 4. The molecule has 1 aromatic heterocycles. The molecule has 4 aliphatic rings. The molecule has 0 amide bonds. The van der Waals surface area contributed by atoms with Crippen molar-refractivity contribution in [1.29, 1.82) is 0 Å². The number of ketones is 1. The van der Waals surface area contributed by atoms with E-state index in [1.165, 1.54) is 37.5 Å². The Labute approximate surface area is 207 Å². The summed E-state index contributed by atoms with van der Waals surface area (Å²) in [4.78, 5) is 37.6. The lowest BCUT2D eigenvalue weighted by Crippen LogP contribution is -2.68. The maximum atomic E-state index is 17.3. The molecule has 3 unspecified atom stereocenters. The third-order valence-electron chi connectivity index (χ3n) is 9.25. The highest BCUT2D eigenvalue weighted by Gasteiger charge is 2.75. The third-order valence-corrected chi connectivity index (χ3v) is 9.51. The molecule has 9 atom stereocenters. The van der Waals surface area contributed by atoms with Crippen LogP contribution in [0.3, 0.4) is 0 Å². The second-order valence-corrected chi connectivity index (χ2v) is 11.5. The lowest BCUT2D eigenvalue weighted by atomic mass is 9.45. The SMILES string of the molecule is CC1(OC(=O)c2ccco2)CC2C3C[C@H](F)C4=CC(=O)C=C[C@]4(C)[C@@]3(F)[C@@H](O)C[C@]2(C)[C@H]1C(=O)S. The second kappa shape index (κ2) is 7.62. The van der Waals surface area contributed by atoms with Crippen LogP contribution in [0.2, 0.25) is 0 Å². The van der Waals surface area contributed by atoms with Crippen molar-refractivity contribution in [3.05, 3.63) is 48.0 Å². The Hall–Kier alpha value is -2.26. The first kappa shape index (κ1) is 24.4. The van der Waals surface area contributed by atoms with E-state index in [4.69, 9.17) is 9.15 Å². The van der Waals surface area contributed by atoms with Crippen LogP contribution < -0.4 is 0 Å². The molecule has 1 aromatic rings. The smallest absolute Gasteiger partial charge is 0.374 e. The number of halogens is 2. The van der Waals surface area contributed by atoms with E-state index in [-0.39, 0.29) is 30.6 Å². The van der Waals surface area contributed by atoms with Crippen LogP contribution in [0.4, 0.5) is 8.78 Å². The van der Waals surface area contributed by atoms with Gasteiger partial charge in [0.05, 0.1) is 18.3 Å². The van der Waals surface area contributed by atoms with Crippen LogP contribution in [-0.4, -0.2) is 45.5 Å². The quantitative estimate of drug-likeness (QED) is 0.472. The standard InChI is InChI=1S/C26H28F2O6S/c1-23-12-19(30)26(28)14(10-17(27)15-9-13(29)6-7-24(15,26)2)16(23)11-25(3,20(23)22(32)35)34-21(31)18-5-4-8-33-18/h4-9,14,16-17,19-20,30H,10-12H2,1-3H3,(H,32,35)/t14?,16?,17-,19-,20+,23-,24-,25?,26-/m0/s1. The van der Waals surface area contributed by atoms with Gasteiger partial charge in [-0.2, -0.15) is 0 Å². The maximum Gasteiger partial charge on any atom is 0.374 e. The van der Waals surface area contributed by atoms with E-state index in [0.29, 0.717) is 0 Å². The molecule has 6 nitrogen and oxygen atoms in total. The molecular formula is C26H28F2O6S. The summed E-state index contributed by atoms with van der Waals surface area (Å²) < 4.78 is 43.8. The summed E-state index contributed by atoms with van der Waals surface area (Å²) in [6.45, 7) is 4.87. The van der Waals surface area contributed by atoms with Gasteiger partial charge in [-0.25, -0.2) is 13.6 Å². The van der Waals surface area contributed by atoms with Crippen LogP contribution >= 0.6 is 12.6 Å². The molecule has 0 saturated heterocycles. The number of carbonyl (C=O) groups excluding carboxylic acids is 3. The summed E-state index contributed by atoms with van der Waals surface area (Å²) in [5.74, 6) is -3.80. The second-order valence-electron chi connectivity index (χ2n) is 11.1. The number of esters is 1. The minimum atomic E-state index is -2.29. The zero-order valence-electron chi connectivity index (χ0n) is 19.7. The van der Waals surface area contributed by atoms with Crippen LogP contribution in [0.5, 0.6) is 0 Å². The average molecular weight is 507 g/mol. The van der Waals surface area contributed by atoms with E-state index in [0.717, 1.165) is 6.08 Å². The van der Waals surface area contributed by atoms with Crippen molar-refractivity contribution in [2.75, 3.05) is 0 Å². The van der Waals surface area contributed by atoms with Crippen molar-refractivity contribution in [2.45, 2.75) is 63.6 Å². The highest BCUT2D eigenvalue weighted by Crippen LogP contribution is 2.71. The average Bonchev–Trinajstić information content (AvgIpc) is 3.37. The number of furan rings is 1. The van der Waals surface area contributed by atoms with Crippen LogP contribution in [0.25, 0.3) is 0 Å². The minimum Gasteiger partial charge on any atom is -0.457 e. The fraction of sp³-hybridized carbons (Fsp3) is 0.577. The fourth-order valence-electron chi connectivity index (χ4n) is 7.85. The molecule has 0 spiro atoms. The molecule has 0 aromatic carbocycles. The Morgan fingerprint density at radius 2 is 1.94 bits per heavy atom. The van der Waals surface area contributed by atoms with Gasteiger partial charge in [0.1, 0.15) is 11.8 Å². The van der Waals surface area contributed by atoms with Gasteiger partial charge in [-0.3, -0.25) is 9.59 Å². The first-order valence-corrected chi connectivity index (χ1v) is 12.2. The zero-order chi connectivity index (χ0) is 25.6. The van der Waals surface area contributed by atoms with Gasteiger partial charge in [0.15, 0.2) is 16.6 Å². The van der Waals surface area contributed by atoms with E-state index < -0.39 is 69.0 Å². The van der Waals surface area contributed by atoms with E-state index >= 15 is 8.78 Å². The number of alkyl halides is 2. The molecule has 35 heavy (non-hydrogen) atoms. The maximum absolute atomic E-state index is 17.3. The lowest BCUT2D eigenvalue weighted by molar-refractivity contribution is -0.201. The molecule has 1 heterocycles. The Kier molecular flexibility index (Phi) is 5.32. The van der Waals surface area contributed by atoms with E-state index in [1.54, 1.807) is 13.8 Å².